The molecule has 2 heteroatoms. The van der Waals surface area contributed by atoms with Crippen molar-refractivity contribution in [2.45, 2.75) is 57.4 Å². The zero-order valence-corrected chi connectivity index (χ0v) is 16.1. The molecule has 26 heavy (non-hydrogen) atoms. The highest BCUT2D eigenvalue weighted by molar-refractivity contribution is 5.35. The van der Waals surface area contributed by atoms with Crippen molar-refractivity contribution in [3.63, 3.8) is 0 Å². The van der Waals surface area contributed by atoms with E-state index in [1.807, 2.05) is 12.1 Å². The summed E-state index contributed by atoms with van der Waals surface area (Å²) >= 11 is 0. The molecule has 2 aliphatic rings. The summed E-state index contributed by atoms with van der Waals surface area (Å²) in [7, 11) is 0. The molecular formula is C24H31NO. The topological polar surface area (TPSA) is 23.5 Å². The van der Waals surface area contributed by atoms with E-state index in [-0.39, 0.29) is 5.41 Å². The van der Waals surface area contributed by atoms with Gasteiger partial charge in [-0.1, -0.05) is 54.8 Å². The minimum Gasteiger partial charge on any atom is -0.508 e. The minimum absolute atomic E-state index is 0.264. The SMILES string of the molecule is Cc1ccc(C(C)N2CCC3(c4cccc(O)c4)CCCCC3C2)cc1. The van der Waals surface area contributed by atoms with Crippen molar-refractivity contribution in [3.05, 3.63) is 65.2 Å². The van der Waals surface area contributed by atoms with E-state index in [0.717, 1.165) is 6.54 Å². The first-order valence-electron chi connectivity index (χ1n) is 10.2. The van der Waals surface area contributed by atoms with Crippen LogP contribution in [0.2, 0.25) is 0 Å². The third-order valence-electron chi connectivity index (χ3n) is 7.04. The number of phenols is 1. The highest BCUT2D eigenvalue weighted by Crippen LogP contribution is 2.50. The highest BCUT2D eigenvalue weighted by atomic mass is 16.3. The van der Waals surface area contributed by atoms with Gasteiger partial charge in [0.15, 0.2) is 0 Å². The quantitative estimate of drug-likeness (QED) is 0.780. The van der Waals surface area contributed by atoms with Gasteiger partial charge in [-0.05, 0) is 68.8 Å². The molecule has 0 aromatic heterocycles. The van der Waals surface area contributed by atoms with E-state index in [2.05, 4.69) is 49.1 Å². The molecule has 0 bridgehead atoms. The van der Waals surface area contributed by atoms with Crippen molar-refractivity contribution in [1.29, 1.82) is 0 Å². The molecule has 2 aromatic rings. The number of aryl methyl sites for hydroxylation is 1. The standard InChI is InChI=1S/C24H31NO/c1-18-9-11-20(12-10-18)19(2)25-15-14-24(13-4-3-6-22(24)17-25)21-7-5-8-23(26)16-21/h5,7-12,16,19,22,26H,3-4,6,13-15,17H2,1-2H3. The van der Waals surface area contributed by atoms with E-state index >= 15 is 0 Å². The van der Waals surface area contributed by atoms with Crippen LogP contribution < -0.4 is 0 Å². The Labute approximate surface area is 157 Å². The molecule has 4 rings (SSSR count). The number of hydrogen-bond acceptors (Lipinski definition) is 2. The zero-order valence-electron chi connectivity index (χ0n) is 16.1. The summed E-state index contributed by atoms with van der Waals surface area (Å²) in [5.41, 5.74) is 4.39. The van der Waals surface area contributed by atoms with Gasteiger partial charge in [0, 0.05) is 18.0 Å². The number of benzene rings is 2. The number of hydrogen-bond donors (Lipinski definition) is 1. The number of nitrogens with zero attached hydrogens (tertiary/aromatic N) is 1. The molecule has 2 fully saturated rings. The lowest BCUT2D eigenvalue weighted by Crippen LogP contribution is -2.51. The van der Waals surface area contributed by atoms with Crippen LogP contribution in [0.5, 0.6) is 5.75 Å². The molecule has 2 aromatic carbocycles. The van der Waals surface area contributed by atoms with E-state index in [9.17, 15) is 5.11 Å². The summed E-state index contributed by atoms with van der Waals surface area (Å²) in [5.74, 6) is 1.11. The van der Waals surface area contributed by atoms with Gasteiger partial charge < -0.3 is 5.11 Å². The molecule has 1 saturated carbocycles. The van der Waals surface area contributed by atoms with E-state index in [1.165, 1.54) is 55.3 Å². The fourth-order valence-corrected chi connectivity index (χ4v) is 5.37. The lowest BCUT2D eigenvalue weighted by molar-refractivity contribution is 0.0354. The maximum atomic E-state index is 10.0. The van der Waals surface area contributed by atoms with Crippen LogP contribution in [0.3, 0.4) is 0 Å². The minimum atomic E-state index is 0.264. The first-order valence-corrected chi connectivity index (χ1v) is 10.2. The molecule has 1 aliphatic carbocycles. The monoisotopic (exact) mass is 349 g/mol. The van der Waals surface area contributed by atoms with E-state index in [1.54, 1.807) is 6.07 Å². The van der Waals surface area contributed by atoms with Crippen LogP contribution in [0, 0.1) is 12.8 Å². The van der Waals surface area contributed by atoms with E-state index in [4.69, 9.17) is 0 Å². The number of phenolic OH excluding ortho intramolecular Hbond substituents is 1. The third kappa shape index (κ3) is 3.16. The lowest BCUT2D eigenvalue weighted by Gasteiger charge is -2.52. The Morgan fingerprint density at radius 1 is 1.08 bits per heavy atom. The predicted octanol–water partition coefficient (Wildman–Crippen LogP) is 5.60. The van der Waals surface area contributed by atoms with E-state index < -0.39 is 0 Å². The average molecular weight is 350 g/mol. The van der Waals surface area contributed by atoms with E-state index in [0.29, 0.717) is 17.7 Å². The van der Waals surface area contributed by atoms with Gasteiger partial charge in [-0.15, -0.1) is 0 Å². The molecular weight excluding hydrogens is 318 g/mol. The van der Waals surface area contributed by atoms with Crippen molar-refractivity contribution < 1.29 is 5.11 Å². The predicted molar refractivity (Wildman–Crippen MR) is 108 cm³/mol. The molecule has 0 spiro atoms. The second kappa shape index (κ2) is 7.08. The number of fused-ring (bicyclic) bond motifs is 1. The Hall–Kier alpha value is -1.80. The molecule has 1 saturated heterocycles. The summed E-state index contributed by atoms with van der Waals surface area (Å²) < 4.78 is 0. The summed E-state index contributed by atoms with van der Waals surface area (Å²) in [6.45, 7) is 6.82. The molecule has 138 valence electrons. The molecule has 1 aliphatic heterocycles. The van der Waals surface area contributed by atoms with Gasteiger partial charge in [-0.25, -0.2) is 0 Å². The maximum absolute atomic E-state index is 10.0. The summed E-state index contributed by atoms with van der Waals surface area (Å²) in [6.07, 6.45) is 6.45. The van der Waals surface area contributed by atoms with Crippen LogP contribution in [-0.4, -0.2) is 23.1 Å². The largest absolute Gasteiger partial charge is 0.508 e. The van der Waals surface area contributed by atoms with Gasteiger partial charge in [0.1, 0.15) is 5.75 Å². The third-order valence-corrected chi connectivity index (χ3v) is 7.04. The number of rotatable bonds is 3. The van der Waals surface area contributed by atoms with Crippen molar-refractivity contribution in [1.82, 2.24) is 4.90 Å². The van der Waals surface area contributed by atoms with Gasteiger partial charge in [-0.2, -0.15) is 0 Å². The van der Waals surface area contributed by atoms with Gasteiger partial charge in [0.05, 0.1) is 0 Å². The number of aromatic hydroxyl groups is 1. The first kappa shape index (κ1) is 17.6. The smallest absolute Gasteiger partial charge is 0.115 e. The molecule has 0 radical (unpaired) electrons. The van der Waals surface area contributed by atoms with Gasteiger partial charge in [0.25, 0.3) is 0 Å². The maximum Gasteiger partial charge on any atom is 0.115 e. The van der Waals surface area contributed by atoms with Crippen molar-refractivity contribution >= 4 is 0 Å². The fourth-order valence-electron chi connectivity index (χ4n) is 5.37. The summed E-state index contributed by atoms with van der Waals surface area (Å²) in [4.78, 5) is 2.68. The lowest BCUT2D eigenvalue weighted by atomic mass is 9.59. The fraction of sp³-hybridized carbons (Fsp3) is 0.500. The molecule has 1 N–H and O–H groups in total. The summed E-state index contributed by atoms with van der Waals surface area (Å²) in [5, 5.41) is 10.0. The van der Waals surface area contributed by atoms with Crippen LogP contribution in [0.15, 0.2) is 48.5 Å². The zero-order chi connectivity index (χ0) is 18.1. The van der Waals surface area contributed by atoms with Crippen LogP contribution in [-0.2, 0) is 5.41 Å². The number of likely N-dealkylation sites (tertiary alicyclic amines) is 1. The molecule has 3 unspecified atom stereocenters. The first-order chi connectivity index (χ1) is 12.6. The second-order valence-electron chi connectivity index (χ2n) is 8.48. The van der Waals surface area contributed by atoms with Crippen LogP contribution in [0.25, 0.3) is 0 Å². The normalized spacial score (nSPS) is 27.7. The molecule has 1 heterocycles. The Morgan fingerprint density at radius 3 is 2.65 bits per heavy atom. The Kier molecular flexibility index (Phi) is 4.79. The van der Waals surface area contributed by atoms with Crippen LogP contribution in [0.1, 0.15) is 61.8 Å². The molecule has 3 atom stereocenters. The van der Waals surface area contributed by atoms with Crippen molar-refractivity contribution in [3.8, 4) is 5.75 Å². The number of piperidine rings is 1. The van der Waals surface area contributed by atoms with Crippen molar-refractivity contribution in [2.24, 2.45) is 5.92 Å². The van der Waals surface area contributed by atoms with Gasteiger partial charge in [-0.3, -0.25) is 4.90 Å². The van der Waals surface area contributed by atoms with Crippen LogP contribution >= 0.6 is 0 Å². The Morgan fingerprint density at radius 2 is 1.88 bits per heavy atom. The summed E-state index contributed by atoms with van der Waals surface area (Å²) in [6, 6.07) is 17.6. The average Bonchev–Trinajstić information content (AvgIpc) is 2.67. The Balaban J connectivity index is 1.58. The molecule has 0 amide bonds. The van der Waals surface area contributed by atoms with Crippen LogP contribution in [0.4, 0.5) is 0 Å². The second-order valence-corrected chi connectivity index (χ2v) is 8.48. The van der Waals surface area contributed by atoms with Crippen molar-refractivity contribution in [2.75, 3.05) is 13.1 Å². The highest BCUT2D eigenvalue weighted by Gasteiger charge is 2.46. The van der Waals surface area contributed by atoms with Gasteiger partial charge >= 0.3 is 0 Å². The Bertz CT molecular complexity index is 753. The van der Waals surface area contributed by atoms with Gasteiger partial charge in [0.2, 0.25) is 0 Å². The molecule has 2 nitrogen and oxygen atoms in total.